The summed E-state index contributed by atoms with van der Waals surface area (Å²) in [6.45, 7) is 2.79. The third-order valence-electron chi connectivity index (χ3n) is 2.73. The van der Waals surface area contributed by atoms with E-state index in [-0.39, 0.29) is 17.7 Å². The van der Waals surface area contributed by atoms with Crippen LogP contribution in [-0.4, -0.2) is 33.8 Å². The number of esters is 1. The van der Waals surface area contributed by atoms with Gasteiger partial charge in [0.05, 0.1) is 17.6 Å². The zero-order valence-electron chi connectivity index (χ0n) is 10.9. The fourth-order valence-corrected chi connectivity index (χ4v) is 1.71. The van der Waals surface area contributed by atoms with Gasteiger partial charge >= 0.3 is 5.97 Å². The van der Waals surface area contributed by atoms with Crippen LogP contribution in [0.25, 0.3) is 0 Å². The fourth-order valence-electron chi connectivity index (χ4n) is 1.71. The Morgan fingerprint density at radius 1 is 1.50 bits per heavy atom. The number of aliphatic hydroxyl groups is 2. The molecule has 1 aromatic rings. The largest absolute Gasteiger partial charge is 0.464 e. The van der Waals surface area contributed by atoms with Crippen LogP contribution in [0.5, 0.6) is 0 Å². The summed E-state index contributed by atoms with van der Waals surface area (Å²) in [5.74, 6) is -2.04. The summed E-state index contributed by atoms with van der Waals surface area (Å²) in [6.07, 6.45) is -3.77. The molecule has 8 heteroatoms. The Labute approximate surface area is 113 Å². The predicted octanol–water partition coefficient (Wildman–Crippen LogP) is 1.000. The van der Waals surface area contributed by atoms with Gasteiger partial charge in [-0.05, 0) is 25.5 Å². The highest BCUT2D eigenvalue weighted by atomic mass is 19.1. The van der Waals surface area contributed by atoms with E-state index >= 15 is 0 Å². The molecule has 1 rings (SSSR count). The van der Waals surface area contributed by atoms with Crippen molar-refractivity contribution in [2.24, 2.45) is 0 Å². The first-order valence-electron chi connectivity index (χ1n) is 5.76. The van der Waals surface area contributed by atoms with E-state index in [1.807, 2.05) is 0 Å². The van der Waals surface area contributed by atoms with E-state index < -0.39 is 34.6 Å². The Morgan fingerprint density at radius 2 is 2.10 bits per heavy atom. The van der Waals surface area contributed by atoms with Crippen molar-refractivity contribution in [3.8, 4) is 0 Å². The van der Waals surface area contributed by atoms with E-state index in [0.717, 1.165) is 6.07 Å². The maximum Gasteiger partial charge on any atom is 0.338 e. The molecule has 0 aliphatic rings. The topological polar surface area (TPSA) is 110 Å². The Hall–Kier alpha value is -2.06. The summed E-state index contributed by atoms with van der Waals surface area (Å²) < 4.78 is 17.8. The van der Waals surface area contributed by atoms with Gasteiger partial charge in [0.25, 0.3) is 5.69 Å². The van der Waals surface area contributed by atoms with E-state index in [4.69, 9.17) is 0 Å². The van der Waals surface area contributed by atoms with Gasteiger partial charge in [0.1, 0.15) is 11.9 Å². The van der Waals surface area contributed by atoms with Gasteiger partial charge in [-0.2, -0.15) is 0 Å². The lowest BCUT2D eigenvalue weighted by molar-refractivity contribution is -0.385. The van der Waals surface area contributed by atoms with Gasteiger partial charge in [-0.1, -0.05) is 0 Å². The van der Waals surface area contributed by atoms with Crippen LogP contribution in [0, 0.1) is 22.9 Å². The summed E-state index contributed by atoms with van der Waals surface area (Å²) >= 11 is 0. The molecule has 0 heterocycles. The zero-order chi connectivity index (χ0) is 15.4. The molecule has 2 unspecified atom stereocenters. The van der Waals surface area contributed by atoms with E-state index in [1.165, 1.54) is 13.8 Å². The monoisotopic (exact) mass is 287 g/mol. The molecule has 0 amide bonds. The molecule has 0 bridgehead atoms. The minimum absolute atomic E-state index is 0.00903. The molecule has 110 valence electrons. The standard InChI is InChI=1S/C12H14FNO6/c1-3-20-12(17)11(16)10(15)8-4-7(13)5-9(6(8)2)14(18)19/h4-5,10-11,15-16H,3H2,1-2H3. The summed E-state index contributed by atoms with van der Waals surface area (Å²) in [7, 11) is 0. The first kappa shape index (κ1) is 16.0. The van der Waals surface area contributed by atoms with Crippen LogP contribution in [0.3, 0.4) is 0 Å². The van der Waals surface area contributed by atoms with Crippen molar-refractivity contribution in [3.63, 3.8) is 0 Å². The second-order valence-electron chi connectivity index (χ2n) is 4.04. The Balaban J connectivity index is 3.19. The molecule has 1 aromatic carbocycles. The number of carbonyl (C=O) groups excluding carboxylic acids is 1. The molecule has 2 atom stereocenters. The SMILES string of the molecule is CCOC(=O)C(O)C(O)c1cc(F)cc([N+](=O)[O-])c1C. The van der Waals surface area contributed by atoms with Crippen LogP contribution in [0.4, 0.5) is 10.1 Å². The lowest BCUT2D eigenvalue weighted by Crippen LogP contribution is -2.30. The lowest BCUT2D eigenvalue weighted by atomic mass is 9.98. The molecule has 0 aliphatic carbocycles. The normalized spacial score (nSPS) is 13.7. The Bertz CT molecular complexity index is 533. The van der Waals surface area contributed by atoms with E-state index in [0.29, 0.717) is 6.07 Å². The van der Waals surface area contributed by atoms with Crippen molar-refractivity contribution < 1.29 is 29.1 Å². The smallest absolute Gasteiger partial charge is 0.338 e. The maximum absolute atomic E-state index is 13.3. The number of hydrogen-bond acceptors (Lipinski definition) is 6. The highest BCUT2D eigenvalue weighted by Gasteiger charge is 2.30. The summed E-state index contributed by atoms with van der Waals surface area (Å²) in [5, 5.41) is 30.2. The molecule has 0 radical (unpaired) electrons. The second kappa shape index (κ2) is 6.40. The highest BCUT2D eigenvalue weighted by molar-refractivity contribution is 5.75. The Morgan fingerprint density at radius 3 is 2.60 bits per heavy atom. The molecular formula is C12H14FNO6. The number of hydrogen-bond donors (Lipinski definition) is 2. The molecule has 20 heavy (non-hydrogen) atoms. The van der Waals surface area contributed by atoms with Crippen LogP contribution in [-0.2, 0) is 9.53 Å². The molecule has 0 saturated heterocycles. The first-order valence-corrected chi connectivity index (χ1v) is 5.76. The molecule has 0 aliphatic heterocycles. The van der Waals surface area contributed by atoms with Gasteiger partial charge < -0.3 is 14.9 Å². The molecule has 7 nitrogen and oxygen atoms in total. The number of nitro groups is 1. The number of rotatable bonds is 5. The average Bonchev–Trinajstić information content (AvgIpc) is 2.39. The molecule has 2 N–H and O–H groups in total. The first-order chi connectivity index (χ1) is 9.29. The highest BCUT2D eigenvalue weighted by Crippen LogP contribution is 2.29. The summed E-state index contributed by atoms with van der Waals surface area (Å²) in [6, 6.07) is 1.53. The van der Waals surface area contributed by atoms with Gasteiger partial charge in [0.15, 0.2) is 6.10 Å². The third kappa shape index (κ3) is 3.28. The van der Waals surface area contributed by atoms with E-state index in [2.05, 4.69) is 4.74 Å². The molecule has 0 saturated carbocycles. The number of carbonyl (C=O) groups is 1. The van der Waals surface area contributed by atoms with Crippen molar-refractivity contribution >= 4 is 11.7 Å². The zero-order valence-corrected chi connectivity index (χ0v) is 10.9. The van der Waals surface area contributed by atoms with Crippen molar-refractivity contribution in [1.82, 2.24) is 0 Å². The molecule has 0 aromatic heterocycles. The Kier molecular flexibility index (Phi) is 5.12. The van der Waals surface area contributed by atoms with Crippen LogP contribution < -0.4 is 0 Å². The minimum Gasteiger partial charge on any atom is -0.464 e. The van der Waals surface area contributed by atoms with Gasteiger partial charge in [-0.15, -0.1) is 0 Å². The summed E-state index contributed by atoms with van der Waals surface area (Å²) in [4.78, 5) is 21.3. The van der Waals surface area contributed by atoms with Crippen molar-refractivity contribution in [1.29, 1.82) is 0 Å². The van der Waals surface area contributed by atoms with Crippen molar-refractivity contribution in [2.45, 2.75) is 26.1 Å². The predicted molar refractivity (Wildman–Crippen MR) is 65.4 cm³/mol. The van der Waals surface area contributed by atoms with Gasteiger partial charge in [-0.25, -0.2) is 9.18 Å². The number of nitrogens with zero attached hydrogens (tertiary/aromatic N) is 1. The second-order valence-corrected chi connectivity index (χ2v) is 4.04. The van der Waals surface area contributed by atoms with Crippen LogP contribution >= 0.6 is 0 Å². The molecular weight excluding hydrogens is 273 g/mol. The summed E-state index contributed by atoms with van der Waals surface area (Å²) in [5.41, 5.74) is -0.820. The number of ether oxygens (including phenoxy) is 1. The van der Waals surface area contributed by atoms with Crippen molar-refractivity contribution in [3.05, 3.63) is 39.2 Å². The minimum atomic E-state index is -1.95. The van der Waals surface area contributed by atoms with Crippen LogP contribution in [0.15, 0.2) is 12.1 Å². The third-order valence-corrected chi connectivity index (χ3v) is 2.73. The number of aliphatic hydroxyl groups excluding tert-OH is 2. The fraction of sp³-hybridized carbons (Fsp3) is 0.417. The maximum atomic E-state index is 13.3. The number of halogens is 1. The quantitative estimate of drug-likeness (QED) is 0.475. The van der Waals surface area contributed by atoms with E-state index in [1.54, 1.807) is 0 Å². The number of benzene rings is 1. The van der Waals surface area contributed by atoms with Gasteiger partial charge in [-0.3, -0.25) is 10.1 Å². The van der Waals surface area contributed by atoms with Crippen molar-refractivity contribution in [2.75, 3.05) is 6.61 Å². The van der Waals surface area contributed by atoms with Gasteiger partial charge in [0.2, 0.25) is 0 Å². The number of nitro benzene ring substituents is 1. The van der Waals surface area contributed by atoms with Gasteiger partial charge in [0, 0.05) is 5.56 Å². The van der Waals surface area contributed by atoms with Crippen LogP contribution in [0.1, 0.15) is 24.2 Å². The van der Waals surface area contributed by atoms with E-state index in [9.17, 15) is 29.5 Å². The molecule has 0 fully saturated rings. The average molecular weight is 287 g/mol. The van der Waals surface area contributed by atoms with Crippen LogP contribution in [0.2, 0.25) is 0 Å². The molecule has 0 spiro atoms. The lowest BCUT2D eigenvalue weighted by Gasteiger charge is -2.18.